The van der Waals surface area contributed by atoms with Crippen LogP contribution in [0.4, 0.5) is 14.5 Å². The van der Waals surface area contributed by atoms with Crippen molar-refractivity contribution in [3.8, 4) is 0 Å². The van der Waals surface area contributed by atoms with Crippen LogP contribution < -0.4 is 5.32 Å². The van der Waals surface area contributed by atoms with Crippen molar-refractivity contribution in [3.05, 3.63) is 52.3 Å². The van der Waals surface area contributed by atoms with Crippen LogP contribution in [0.5, 0.6) is 0 Å². The van der Waals surface area contributed by atoms with E-state index in [1.165, 1.54) is 6.07 Å². The van der Waals surface area contributed by atoms with Gasteiger partial charge in [-0.2, -0.15) is 0 Å². The summed E-state index contributed by atoms with van der Waals surface area (Å²) >= 11 is 0. The maximum absolute atomic E-state index is 13.2. The highest BCUT2D eigenvalue weighted by Gasteiger charge is 2.30. The highest BCUT2D eigenvalue weighted by Crippen LogP contribution is 2.29. The van der Waals surface area contributed by atoms with E-state index in [1.54, 1.807) is 11.5 Å². The second kappa shape index (κ2) is 5.49. The number of fused-ring (bicyclic) bond motifs is 1. The molecule has 2 N–H and O–H groups in total. The molecule has 2 aromatic rings. The fourth-order valence-corrected chi connectivity index (χ4v) is 3.06. The van der Waals surface area contributed by atoms with Crippen molar-refractivity contribution in [2.45, 2.75) is 26.3 Å². The number of amides is 1. The van der Waals surface area contributed by atoms with E-state index in [-0.39, 0.29) is 11.4 Å². The number of aromatic nitrogens is 1. The van der Waals surface area contributed by atoms with E-state index in [4.69, 9.17) is 0 Å². The Morgan fingerprint density at radius 1 is 1.26 bits per heavy atom. The average molecular weight is 320 g/mol. The first kappa shape index (κ1) is 15.2. The lowest BCUT2D eigenvalue weighted by molar-refractivity contribution is 0.0684. The van der Waals surface area contributed by atoms with Crippen LogP contribution >= 0.6 is 0 Å². The van der Waals surface area contributed by atoms with Gasteiger partial charge in [-0.05, 0) is 37.5 Å². The third-order valence-electron chi connectivity index (χ3n) is 4.02. The molecule has 0 unspecified atom stereocenters. The number of aromatic carboxylic acids is 1. The van der Waals surface area contributed by atoms with Gasteiger partial charge in [0.1, 0.15) is 5.69 Å². The van der Waals surface area contributed by atoms with E-state index in [0.29, 0.717) is 29.8 Å². The summed E-state index contributed by atoms with van der Waals surface area (Å²) in [6.07, 6.45) is 1.37. The predicted octanol–water partition coefficient (Wildman–Crippen LogP) is 2.97. The highest BCUT2D eigenvalue weighted by molar-refractivity contribution is 6.08. The molecule has 0 atom stereocenters. The van der Waals surface area contributed by atoms with Gasteiger partial charge in [0.05, 0.1) is 5.56 Å². The van der Waals surface area contributed by atoms with E-state index in [0.717, 1.165) is 18.6 Å². The number of carbonyl (C=O) groups is 2. The smallest absolute Gasteiger partial charge is 0.352 e. The van der Waals surface area contributed by atoms with Crippen molar-refractivity contribution in [1.29, 1.82) is 0 Å². The number of nitrogens with zero attached hydrogens (tertiary/aromatic N) is 1. The molecule has 0 radical (unpaired) electrons. The second-order valence-corrected chi connectivity index (χ2v) is 5.44. The summed E-state index contributed by atoms with van der Waals surface area (Å²) in [5, 5.41) is 11.8. The van der Waals surface area contributed by atoms with Gasteiger partial charge in [-0.25, -0.2) is 13.6 Å². The van der Waals surface area contributed by atoms with Crippen molar-refractivity contribution in [2.24, 2.45) is 0 Å². The number of hydrogen-bond acceptors (Lipinski definition) is 2. The quantitative estimate of drug-likeness (QED) is 0.913. The lowest BCUT2D eigenvalue weighted by atomic mass is 10.1. The Morgan fingerprint density at radius 2 is 2.00 bits per heavy atom. The Morgan fingerprint density at radius 3 is 2.65 bits per heavy atom. The molecule has 0 fully saturated rings. The van der Waals surface area contributed by atoms with Gasteiger partial charge in [-0.15, -0.1) is 0 Å². The molecule has 1 amide bonds. The number of halogens is 2. The lowest BCUT2D eigenvalue weighted by Gasteiger charge is -2.07. The summed E-state index contributed by atoms with van der Waals surface area (Å²) in [6, 6.07) is 3.06. The van der Waals surface area contributed by atoms with E-state index < -0.39 is 23.5 Å². The van der Waals surface area contributed by atoms with Gasteiger partial charge in [0.2, 0.25) is 0 Å². The van der Waals surface area contributed by atoms with Crippen LogP contribution in [0, 0.1) is 18.6 Å². The molecule has 7 heteroatoms. The fourth-order valence-electron chi connectivity index (χ4n) is 3.06. The number of carboxylic acids is 1. The molecule has 0 aliphatic carbocycles. The van der Waals surface area contributed by atoms with Crippen molar-refractivity contribution in [3.63, 3.8) is 0 Å². The molecular formula is C16H14F2N2O3. The normalized spacial score (nSPS) is 13.0. The van der Waals surface area contributed by atoms with Gasteiger partial charge in [-0.3, -0.25) is 4.79 Å². The van der Waals surface area contributed by atoms with Crippen molar-refractivity contribution in [1.82, 2.24) is 4.57 Å². The molecule has 2 heterocycles. The van der Waals surface area contributed by atoms with Gasteiger partial charge in [0.15, 0.2) is 11.6 Å². The van der Waals surface area contributed by atoms with Gasteiger partial charge in [0.25, 0.3) is 5.91 Å². The standard InChI is InChI=1S/C16H14F2N2O3/c1-8-13(12-3-2-6-20(12)14(8)16(22)23)15(21)19-9-4-5-10(17)11(18)7-9/h4-5,7H,2-3,6H2,1H3,(H,19,21)(H,22,23). The molecule has 1 aromatic carbocycles. The number of carboxylic acid groups (broad SMARTS) is 1. The van der Waals surface area contributed by atoms with Crippen LogP contribution in [-0.2, 0) is 13.0 Å². The second-order valence-electron chi connectivity index (χ2n) is 5.44. The first-order valence-electron chi connectivity index (χ1n) is 7.11. The summed E-state index contributed by atoms with van der Waals surface area (Å²) in [4.78, 5) is 23.9. The Balaban J connectivity index is 1.98. The number of carbonyl (C=O) groups excluding carboxylic acids is 1. The largest absolute Gasteiger partial charge is 0.477 e. The molecule has 1 aliphatic rings. The van der Waals surface area contributed by atoms with Gasteiger partial charge in [-0.1, -0.05) is 0 Å². The molecule has 0 bridgehead atoms. The van der Waals surface area contributed by atoms with Gasteiger partial charge >= 0.3 is 5.97 Å². The van der Waals surface area contributed by atoms with Crippen molar-refractivity contribution in [2.75, 3.05) is 5.32 Å². The maximum Gasteiger partial charge on any atom is 0.352 e. The number of hydrogen-bond donors (Lipinski definition) is 2. The van der Waals surface area contributed by atoms with E-state index >= 15 is 0 Å². The minimum absolute atomic E-state index is 0.105. The molecule has 0 spiro atoms. The van der Waals surface area contributed by atoms with E-state index in [1.807, 2.05) is 0 Å². The van der Waals surface area contributed by atoms with Crippen LogP contribution in [-0.4, -0.2) is 21.6 Å². The Kier molecular flexibility index (Phi) is 3.63. The molecule has 5 nitrogen and oxygen atoms in total. The Bertz CT molecular complexity index is 827. The predicted molar refractivity (Wildman–Crippen MR) is 78.8 cm³/mol. The summed E-state index contributed by atoms with van der Waals surface area (Å²) < 4.78 is 27.8. The maximum atomic E-state index is 13.2. The molecule has 0 saturated heterocycles. The topological polar surface area (TPSA) is 71.3 Å². The van der Waals surface area contributed by atoms with Crippen molar-refractivity contribution < 1.29 is 23.5 Å². The van der Waals surface area contributed by atoms with E-state index in [9.17, 15) is 23.5 Å². The minimum Gasteiger partial charge on any atom is -0.477 e. The SMILES string of the molecule is Cc1c(C(=O)Nc2ccc(F)c(F)c2)c2n(c1C(=O)O)CCC2. The fraction of sp³-hybridized carbons (Fsp3) is 0.250. The zero-order valence-corrected chi connectivity index (χ0v) is 12.3. The lowest BCUT2D eigenvalue weighted by Crippen LogP contribution is -2.14. The van der Waals surface area contributed by atoms with Crippen LogP contribution in [0.3, 0.4) is 0 Å². The van der Waals surface area contributed by atoms with Crippen molar-refractivity contribution >= 4 is 17.6 Å². The minimum atomic E-state index is -1.09. The monoisotopic (exact) mass is 320 g/mol. The summed E-state index contributed by atoms with van der Waals surface area (Å²) in [7, 11) is 0. The molecule has 120 valence electrons. The number of benzene rings is 1. The number of anilines is 1. The average Bonchev–Trinajstić information content (AvgIpc) is 3.01. The van der Waals surface area contributed by atoms with Gasteiger partial charge in [0, 0.05) is 24.0 Å². The summed E-state index contributed by atoms with van der Waals surface area (Å²) in [5.41, 5.74) is 1.56. The molecule has 1 aromatic heterocycles. The highest BCUT2D eigenvalue weighted by atomic mass is 19.2. The third kappa shape index (κ3) is 2.48. The first-order valence-corrected chi connectivity index (χ1v) is 7.11. The molecule has 1 aliphatic heterocycles. The third-order valence-corrected chi connectivity index (χ3v) is 4.02. The molecule has 3 rings (SSSR count). The number of rotatable bonds is 3. The zero-order valence-electron chi connectivity index (χ0n) is 12.3. The zero-order chi connectivity index (χ0) is 16.7. The summed E-state index contributed by atoms with van der Waals surface area (Å²) in [5.74, 6) is -3.67. The van der Waals surface area contributed by atoms with Crippen LogP contribution in [0.25, 0.3) is 0 Å². The Labute approximate surface area is 130 Å². The molecule has 0 saturated carbocycles. The first-order chi connectivity index (χ1) is 10.9. The Hall–Kier alpha value is -2.70. The number of nitrogens with one attached hydrogen (secondary N) is 1. The van der Waals surface area contributed by atoms with Gasteiger partial charge < -0.3 is 15.0 Å². The van der Waals surface area contributed by atoms with E-state index in [2.05, 4.69) is 5.32 Å². The molecular weight excluding hydrogens is 306 g/mol. The van der Waals surface area contributed by atoms with Crippen LogP contribution in [0.2, 0.25) is 0 Å². The summed E-state index contributed by atoms with van der Waals surface area (Å²) in [6.45, 7) is 2.13. The van der Waals surface area contributed by atoms with Crippen LogP contribution in [0.15, 0.2) is 18.2 Å². The van der Waals surface area contributed by atoms with Crippen LogP contribution in [0.1, 0.15) is 38.5 Å². The molecule has 23 heavy (non-hydrogen) atoms.